The van der Waals surface area contributed by atoms with Gasteiger partial charge in [0, 0.05) is 18.4 Å². The van der Waals surface area contributed by atoms with Gasteiger partial charge in [-0.15, -0.1) is 0 Å². The molecule has 0 aromatic heterocycles. The van der Waals surface area contributed by atoms with Gasteiger partial charge in [-0.1, -0.05) is 0 Å². The number of halogens is 3. The number of rotatable bonds is 5. The van der Waals surface area contributed by atoms with Crippen LogP contribution in [0.25, 0.3) is 0 Å². The van der Waals surface area contributed by atoms with Gasteiger partial charge in [0.1, 0.15) is 12.7 Å². The van der Waals surface area contributed by atoms with Crippen molar-refractivity contribution in [3.8, 4) is 0 Å². The number of sulfonamides is 1. The highest BCUT2D eigenvalue weighted by Gasteiger charge is 2.68. The molecule has 0 amide bonds. The van der Waals surface area contributed by atoms with E-state index in [0.29, 0.717) is 6.42 Å². The number of hydrogen-bond donors (Lipinski definition) is 2. The van der Waals surface area contributed by atoms with Crippen LogP contribution < -0.4 is 4.72 Å². The van der Waals surface area contributed by atoms with Crippen LogP contribution in [0.3, 0.4) is 0 Å². The number of carbonyl (C=O) groups excluding carboxylic acids is 2. The molecule has 2 aliphatic carbocycles. The third kappa shape index (κ3) is 2.56. The normalized spacial score (nSPS) is 37.6. The predicted molar refractivity (Wildman–Crippen MR) is 68.4 cm³/mol. The van der Waals surface area contributed by atoms with Gasteiger partial charge in [0.05, 0.1) is 17.9 Å². The van der Waals surface area contributed by atoms with Crippen molar-refractivity contribution in [3.63, 3.8) is 0 Å². The van der Waals surface area contributed by atoms with Crippen LogP contribution in [0.2, 0.25) is 0 Å². The average Bonchev–Trinajstić information content (AvgIpc) is 3.06. The summed E-state index contributed by atoms with van der Waals surface area (Å²) in [6.45, 7) is -1.38. The third-order valence-electron chi connectivity index (χ3n) is 4.79. The number of carbonyl (C=O) groups is 2. The maximum absolute atomic E-state index is 12.1. The summed E-state index contributed by atoms with van der Waals surface area (Å²) < 4.78 is 69.0. The molecule has 3 fully saturated rings. The molecule has 0 radical (unpaired) electrons. The standard InChI is InChI=1S/C12H14F3NO7S/c13-12(14,15)24(20,21)16-1-2-22-10(18)6-4-3-5-7(6)11(19)23-9(5)8(4)17/h4-9,16-17H,1-3H2. The van der Waals surface area contributed by atoms with Crippen molar-refractivity contribution >= 4 is 22.0 Å². The Morgan fingerprint density at radius 3 is 2.67 bits per heavy atom. The first-order valence-corrected chi connectivity index (χ1v) is 8.64. The van der Waals surface area contributed by atoms with Gasteiger partial charge in [-0.05, 0) is 6.42 Å². The molecule has 1 heterocycles. The summed E-state index contributed by atoms with van der Waals surface area (Å²) in [6, 6.07) is 0. The van der Waals surface area contributed by atoms with Crippen LogP contribution in [0.5, 0.6) is 0 Å². The summed E-state index contributed by atoms with van der Waals surface area (Å²) in [5, 5.41) is 10.0. The van der Waals surface area contributed by atoms with E-state index >= 15 is 0 Å². The molecule has 6 unspecified atom stereocenters. The van der Waals surface area contributed by atoms with Crippen molar-refractivity contribution in [3.05, 3.63) is 0 Å². The van der Waals surface area contributed by atoms with Gasteiger partial charge in [-0.2, -0.15) is 13.2 Å². The van der Waals surface area contributed by atoms with E-state index in [1.165, 1.54) is 4.72 Å². The minimum Gasteiger partial charge on any atom is -0.464 e. The number of hydrogen-bond acceptors (Lipinski definition) is 7. The van der Waals surface area contributed by atoms with Gasteiger partial charge in [0.2, 0.25) is 0 Å². The van der Waals surface area contributed by atoms with Crippen molar-refractivity contribution in [1.29, 1.82) is 0 Å². The molecule has 24 heavy (non-hydrogen) atoms. The SMILES string of the molecule is O=C(OCCNS(=O)(=O)C(F)(F)F)C1C2CC3C(OC(=O)C31)C2O. The molecule has 1 saturated heterocycles. The second-order valence-electron chi connectivity index (χ2n) is 6.02. The summed E-state index contributed by atoms with van der Waals surface area (Å²) in [7, 11) is -5.50. The van der Waals surface area contributed by atoms with Crippen molar-refractivity contribution in [2.45, 2.75) is 24.1 Å². The van der Waals surface area contributed by atoms with E-state index < -0.39 is 70.6 Å². The first-order valence-electron chi connectivity index (χ1n) is 7.16. The quantitative estimate of drug-likeness (QED) is 0.475. The Morgan fingerprint density at radius 2 is 2.04 bits per heavy atom. The molecule has 0 spiro atoms. The van der Waals surface area contributed by atoms with Crippen LogP contribution in [-0.4, -0.2) is 56.3 Å². The number of esters is 2. The van der Waals surface area contributed by atoms with Gasteiger partial charge in [-0.25, -0.2) is 13.1 Å². The van der Waals surface area contributed by atoms with E-state index in [4.69, 9.17) is 9.47 Å². The van der Waals surface area contributed by atoms with Crippen LogP contribution in [0.4, 0.5) is 13.2 Å². The lowest BCUT2D eigenvalue weighted by molar-refractivity contribution is -0.156. The smallest absolute Gasteiger partial charge is 0.464 e. The lowest BCUT2D eigenvalue weighted by atomic mass is 9.78. The highest BCUT2D eigenvalue weighted by molar-refractivity contribution is 7.90. The molecular formula is C12H14F3NO7S. The average molecular weight is 373 g/mol. The summed E-state index contributed by atoms with van der Waals surface area (Å²) >= 11 is 0. The molecule has 2 N–H and O–H groups in total. The van der Waals surface area contributed by atoms with Gasteiger partial charge in [0.25, 0.3) is 0 Å². The minimum absolute atomic E-state index is 0.265. The maximum atomic E-state index is 12.1. The van der Waals surface area contributed by atoms with Gasteiger partial charge < -0.3 is 14.6 Å². The zero-order valence-electron chi connectivity index (χ0n) is 12.0. The molecule has 3 aliphatic rings. The Kier molecular flexibility index (Phi) is 4.04. The lowest BCUT2D eigenvalue weighted by Crippen LogP contribution is -2.42. The van der Waals surface area contributed by atoms with E-state index in [0.717, 1.165) is 0 Å². The number of ether oxygens (including phenoxy) is 2. The molecule has 8 nitrogen and oxygen atoms in total. The maximum Gasteiger partial charge on any atom is 0.511 e. The van der Waals surface area contributed by atoms with Crippen LogP contribution in [0, 0.1) is 23.7 Å². The van der Waals surface area contributed by atoms with E-state index in [1.54, 1.807) is 0 Å². The Bertz CT molecular complexity index is 664. The fourth-order valence-corrected chi connectivity index (χ4v) is 4.36. The first-order chi connectivity index (χ1) is 11.0. The van der Waals surface area contributed by atoms with Crippen LogP contribution in [-0.2, 0) is 29.1 Å². The van der Waals surface area contributed by atoms with Gasteiger partial charge >= 0.3 is 27.5 Å². The van der Waals surface area contributed by atoms with Crippen molar-refractivity contribution in [2.24, 2.45) is 23.7 Å². The minimum atomic E-state index is -5.50. The van der Waals surface area contributed by atoms with Crippen molar-refractivity contribution in [1.82, 2.24) is 4.72 Å². The zero-order valence-corrected chi connectivity index (χ0v) is 12.8. The fourth-order valence-electron chi connectivity index (χ4n) is 3.85. The number of nitrogens with one attached hydrogen (secondary N) is 1. The predicted octanol–water partition coefficient (Wildman–Crippen LogP) is -0.863. The van der Waals surface area contributed by atoms with Crippen molar-refractivity contribution in [2.75, 3.05) is 13.2 Å². The van der Waals surface area contributed by atoms with Gasteiger partial charge in [-0.3, -0.25) is 9.59 Å². The molecule has 0 aromatic rings. The summed E-state index contributed by atoms with van der Waals surface area (Å²) in [5.74, 6) is -3.85. The summed E-state index contributed by atoms with van der Waals surface area (Å²) in [6.07, 6.45) is -1.16. The number of aliphatic hydroxyl groups is 1. The Balaban J connectivity index is 1.54. The topological polar surface area (TPSA) is 119 Å². The highest BCUT2D eigenvalue weighted by Crippen LogP contribution is 2.57. The van der Waals surface area contributed by atoms with E-state index in [1.807, 2.05) is 0 Å². The Morgan fingerprint density at radius 1 is 1.38 bits per heavy atom. The second-order valence-corrected chi connectivity index (χ2v) is 7.78. The monoisotopic (exact) mass is 373 g/mol. The molecule has 1 aliphatic heterocycles. The Labute approximate surface area is 134 Å². The first kappa shape index (κ1) is 17.4. The molecule has 2 saturated carbocycles. The van der Waals surface area contributed by atoms with E-state index in [-0.39, 0.29) is 5.92 Å². The largest absolute Gasteiger partial charge is 0.511 e. The van der Waals surface area contributed by atoms with Crippen LogP contribution in [0.15, 0.2) is 0 Å². The molecule has 3 rings (SSSR count). The van der Waals surface area contributed by atoms with Crippen molar-refractivity contribution < 1.29 is 45.8 Å². The van der Waals surface area contributed by atoms with Crippen LogP contribution in [0.1, 0.15) is 6.42 Å². The Hall–Kier alpha value is -1.40. The highest BCUT2D eigenvalue weighted by atomic mass is 32.2. The molecule has 6 atom stereocenters. The zero-order chi connectivity index (χ0) is 17.9. The lowest BCUT2D eigenvalue weighted by Gasteiger charge is -2.26. The van der Waals surface area contributed by atoms with Crippen LogP contribution >= 0.6 is 0 Å². The number of alkyl halides is 3. The second kappa shape index (κ2) is 5.56. The summed E-state index contributed by atoms with van der Waals surface area (Å²) in [4.78, 5) is 23.9. The fraction of sp³-hybridized carbons (Fsp3) is 0.833. The van der Waals surface area contributed by atoms with Gasteiger partial charge in [0.15, 0.2) is 0 Å². The third-order valence-corrected chi connectivity index (χ3v) is 5.98. The molecule has 2 bridgehead atoms. The number of aliphatic hydroxyl groups excluding tert-OH is 1. The molecular weight excluding hydrogens is 359 g/mol. The number of fused-ring (bicyclic) bond motifs is 1. The molecule has 12 heteroatoms. The molecule has 0 aromatic carbocycles. The summed E-state index contributed by atoms with van der Waals surface area (Å²) in [5.41, 5.74) is -5.45. The molecule has 136 valence electrons. The van der Waals surface area contributed by atoms with E-state index in [2.05, 4.69) is 0 Å². The van der Waals surface area contributed by atoms with E-state index in [9.17, 15) is 36.3 Å².